The van der Waals surface area contributed by atoms with E-state index >= 15 is 0 Å². The summed E-state index contributed by atoms with van der Waals surface area (Å²) < 4.78 is 38.4. The monoisotopic (exact) mass is 390 g/mol. The van der Waals surface area contributed by atoms with Crippen LogP contribution in [-0.2, 0) is 19.5 Å². The minimum absolute atomic E-state index is 0.0437. The van der Waals surface area contributed by atoms with Crippen molar-refractivity contribution in [3.8, 4) is 0 Å². The second-order valence-corrected chi connectivity index (χ2v) is 7.88. The van der Waals surface area contributed by atoms with Gasteiger partial charge >= 0.3 is 5.97 Å². The molecule has 0 spiro atoms. The van der Waals surface area contributed by atoms with Crippen LogP contribution in [0.1, 0.15) is 15.9 Å². The van der Waals surface area contributed by atoms with Crippen molar-refractivity contribution >= 4 is 27.4 Å². The Bertz CT molecular complexity index is 937. The second kappa shape index (κ2) is 7.98. The van der Waals surface area contributed by atoms with E-state index in [1.807, 2.05) is 6.07 Å². The lowest BCUT2D eigenvalue weighted by atomic mass is 10.1. The largest absolute Gasteiger partial charge is 0.465 e. The number of carbonyl (C=O) groups excluding carboxylic acids is 1. The van der Waals surface area contributed by atoms with E-state index in [-0.39, 0.29) is 10.5 Å². The zero-order valence-electron chi connectivity index (χ0n) is 15.3. The van der Waals surface area contributed by atoms with Crippen LogP contribution in [0.5, 0.6) is 0 Å². The molecule has 8 heteroatoms. The van der Waals surface area contributed by atoms with Crippen molar-refractivity contribution in [2.24, 2.45) is 0 Å². The molecule has 1 fully saturated rings. The van der Waals surface area contributed by atoms with Crippen molar-refractivity contribution in [2.45, 2.75) is 11.8 Å². The van der Waals surface area contributed by atoms with E-state index in [0.717, 1.165) is 18.8 Å². The number of ether oxygens (including phenoxy) is 2. The molecule has 1 heterocycles. The summed E-state index contributed by atoms with van der Waals surface area (Å²) in [4.78, 5) is 13.9. The molecule has 3 rings (SSSR count). The van der Waals surface area contributed by atoms with Crippen molar-refractivity contribution in [3.63, 3.8) is 0 Å². The first-order valence-corrected chi connectivity index (χ1v) is 10.0. The Morgan fingerprint density at radius 3 is 2.59 bits per heavy atom. The molecule has 2 aromatic rings. The molecular weight excluding hydrogens is 368 g/mol. The fourth-order valence-corrected chi connectivity index (χ4v) is 4.25. The number of esters is 1. The summed E-state index contributed by atoms with van der Waals surface area (Å²) in [7, 11) is -2.60. The third kappa shape index (κ3) is 4.40. The molecule has 0 radical (unpaired) electrons. The number of rotatable bonds is 5. The molecule has 0 atom stereocenters. The molecule has 7 nitrogen and oxygen atoms in total. The lowest BCUT2D eigenvalue weighted by molar-refractivity contribution is 0.0600. The van der Waals surface area contributed by atoms with Gasteiger partial charge in [-0.1, -0.05) is 12.1 Å². The molecule has 0 saturated carbocycles. The topological polar surface area (TPSA) is 84.9 Å². The van der Waals surface area contributed by atoms with E-state index in [2.05, 4.69) is 14.4 Å². The zero-order valence-corrected chi connectivity index (χ0v) is 16.1. The van der Waals surface area contributed by atoms with Gasteiger partial charge in [-0.3, -0.25) is 4.72 Å². The SMILES string of the molecule is COC(=O)c1ccc(C)c(S(=O)(=O)Nc2cccc(N3CCOCC3)c2)c1. The standard InChI is InChI=1S/C19H22N2O5S/c1-14-6-7-15(19(22)25-2)12-18(14)27(23,24)20-16-4-3-5-17(13-16)21-8-10-26-11-9-21/h3-7,12-13,20H,8-11H2,1-2H3. The van der Waals surface area contributed by atoms with Gasteiger partial charge in [0.2, 0.25) is 0 Å². The maximum absolute atomic E-state index is 12.9. The highest BCUT2D eigenvalue weighted by molar-refractivity contribution is 7.92. The van der Waals surface area contributed by atoms with Gasteiger partial charge < -0.3 is 14.4 Å². The van der Waals surface area contributed by atoms with Gasteiger partial charge in [0.05, 0.1) is 36.5 Å². The Balaban J connectivity index is 1.87. The van der Waals surface area contributed by atoms with Gasteiger partial charge in [0.1, 0.15) is 0 Å². The molecule has 1 aliphatic heterocycles. The van der Waals surface area contributed by atoms with Crippen molar-refractivity contribution < 1.29 is 22.7 Å². The Labute approximate surface area is 158 Å². The van der Waals surface area contributed by atoms with Crippen molar-refractivity contribution in [2.75, 3.05) is 43.0 Å². The maximum atomic E-state index is 12.9. The van der Waals surface area contributed by atoms with Gasteiger partial charge in [-0.2, -0.15) is 0 Å². The lowest BCUT2D eigenvalue weighted by Crippen LogP contribution is -2.36. The van der Waals surface area contributed by atoms with E-state index < -0.39 is 16.0 Å². The van der Waals surface area contributed by atoms with Crippen LogP contribution in [0.2, 0.25) is 0 Å². The number of anilines is 2. The summed E-state index contributed by atoms with van der Waals surface area (Å²) in [5, 5.41) is 0. The van der Waals surface area contributed by atoms with Crippen LogP contribution in [-0.4, -0.2) is 47.8 Å². The zero-order chi connectivity index (χ0) is 19.4. The summed E-state index contributed by atoms with van der Waals surface area (Å²) in [6.45, 7) is 4.50. The van der Waals surface area contributed by atoms with E-state index in [4.69, 9.17) is 4.74 Å². The number of aryl methyl sites for hydroxylation is 1. The Hall–Kier alpha value is -2.58. The van der Waals surface area contributed by atoms with Crippen LogP contribution in [0.3, 0.4) is 0 Å². The molecule has 1 saturated heterocycles. The number of hydrogen-bond acceptors (Lipinski definition) is 6. The maximum Gasteiger partial charge on any atom is 0.337 e. The summed E-state index contributed by atoms with van der Waals surface area (Å²) in [6, 6.07) is 11.7. The minimum atomic E-state index is -3.86. The quantitative estimate of drug-likeness (QED) is 0.790. The highest BCUT2D eigenvalue weighted by Gasteiger charge is 2.20. The van der Waals surface area contributed by atoms with Crippen molar-refractivity contribution in [3.05, 3.63) is 53.6 Å². The number of carbonyl (C=O) groups is 1. The fraction of sp³-hybridized carbons (Fsp3) is 0.316. The van der Waals surface area contributed by atoms with Crippen LogP contribution in [0.4, 0.5) is 11.4 Å². The van der Waals surface area contributed by atoms with Crippen molar-refractivity contribution in [1.29, 1.82) is 0 Å². The predicted octanol–water partition coefficient (Wildman–Crippen LogP) is 2.42. The van der Waals surface area contributed by atoms with E-state index in [0.29, 0.717) is 24.5 Å². The molecule has 0 aliphatic carbocycles. The molecule has 0 unspecified atom stereocenters. The van der Waals surface area contributed by atoms with Gasteiger partial charge in [-0.25, -0.2) is 13.2 Å². The van der Waals surface area contributed by atoms with Gasteiger partial charge in [0.15, 0.2) is 0 Å². The molecule has 0 amide bonds. The number of methoxy groups -OCH3 is 1. The highest BCUT2D eigenvalue weighted by atomic mass is 32.2. The molecule has 0 bridgehead atoms. The van der Waals surface area contributed by atoms with Crippen LogP contribution < -0.4 is 9.62 Å². The average molecular weight is 390 g/mol. The first kappa shape index (κ1) is 19.2. The first-order chi connectivity index (χ1) is 12.9. The number of nitrogens with zero attached hydrogens (tertiary/aromatic N) is 1. The van der Waals surface area contributed by atoms with Crippen molar-refractivity contribution in [1.82, 2.24) is 0 Å². The molecule has 0 aromatic heterocycles. The second-order valence-electron chi connectivity index (χ2n) is 6.23. The fourth-order valence-electron chi connectivity index (χ4n) is 2.93. The molecule has 27 heavy (non-hydrogen) atoms. The molecule has 2 aromatic carbocycles. The summed E-state index contributed by atoms with van der Waals surface area (Å²) >= 11 is 0. The Kier molecular flexibility index (Phi) is 5.67. The number of nitrogens with one attached hydrogen (secondary N) is 1. The van der Waals surface area contributed by atoms with E-state index in [1.54, 1.807) is 37.3 Å². The molecule has 144 valence electrons. The van der Waals surface area contributed by atoms with Gasteiger partial charge in [-0.05, 0) is 42.8 Å². The van der Waals surface area contributed by atoms with E-state index in [9.17, 15) is 13.2 Å². The predicted molar refractivity (Wildman–Crippen MR) is 103 cm³/mol. The average Bonchev–Trinajstić information content (AvgIpc) is 2.68. The van der Waals surface area contributed by atoms with Crippen LogP contribution in [0.25, 0.3) is 0 Å². The number of hydrogen-bond donors (Lipinski definition) is 1. The van der Waals surface area contributed by atoms with Crippen LogP contribution in [0.15, 0.2) is 47.4 Å². The van der Waals surface area contributed by atoms with Crippen LogP contribution >= 0.6 is 0 Å². The molecular formula is C19H22N2O5S. The van der Waals surface area contributed by atoms with Crippen LogP contribution in [0, 0.1) is 6.92 Å². The summed E-state index contributed by atoms with van der Waals surface area (Å²) in [5.74, 6) is -0.583. The smallest absolute Gasteiger partial charge is 0.337 e. The Morgan fingerprint density at radius 1 is 1.15 bits per heavy atom. The lowest BCUT2D eigenvalue weighted by Gasteiger charge is -2.29. The number of morpholine rings is 1. The van der Waals surface area contributed by atoms with Gasteiger partial charge in [-0.15, -0.1) is 0 Å². The van der Waals surface area contributed by atoms with E-state index in [1.165, 1.54) is 13.2 Å². The molecule has 1 aliphatic rings. The third-order valence-corrected chi connectivity index (χ3v) is 5.90. The Morgan fingerprint density at radius 2 is 1.89 bits per heavy atom. The normalized spacial score (nSPS) is 14.7. The highest BCUT2D eigenvalue weighted by Crippen LogP contribution is 2.25. The third-order valence-electron chi connectivity index (χ3n) is 4.37. The summed E-state index contributed by atoms with van der Waals surface area (Å²) in [6.07, 6.45) is 0. The first-order valence-electron chi connectivity index (χ1n) is 8.55. The van der Waals surface area contributed by atoms with Gasteiger partial charge in [0, 0.05) is 18.8 Å². The number of benzene rings is 2. The molecule has 1 N–H and O–H groups in total. The number of sulfonamides is 1. The minimum Gasteiger partial charge on any atom is -0.465 e. The summed E-state index contributed by atoms with van der Waals surface area (Å²) in [5.41, 5.74) is 2.12. The van der Waals surface area contributed by atoms with Gasteiger partial charge in [0.25, 0.3) is 10.0 Å².